The second-order valence-corrected chi connectivity index (χ2v) is 6.93. The summed E-state index contributed by atoms with van der Waals surface area (Å²) in [5.74, 6) is -5.45. The first kappa shape index (κ1) is 20.3. The van der Waals surface area contributed by atoms with Gasteiger partial charge in [-0.15, -0.1) is 0 Å². The molecule has 156 valence electrons. The summed E-state index contributed by atoms with van der Waals surface area (Å²) < 4.78 is 67.8. The molecule has 30 heavy (non-hydrogen) atoms. The SMILES string of the molecule is OC(COc1ccc(C(F)(F)C2(c3ccc(F)cc3F)CO2)nc1)c1ccccc1. The number of benzene rings is 2. The third-order valence-electron chi connectivity index (χ3n) is 4.96. The maximum atomic E-state index is 15.1. The van der Waals surface area contributed by atoms with Gasteiger partial charge in [0.2, 0.25) is 0 Å². The number of halogens is 4. The molecule has 3 aromatic rings. The van der Waals surface area contributed by atoms with Crippen molar-refractivity contribution >= 4 is 0 Å². The largest absolute Gasteiger partial charge is 0.489 e. The number of aromatic nitrogens is 1. The molecule has 2 aromatic carbocycles. The normalized spacial score (nSPS) is 19.4. The zero-order valence-electron chi connectivity index (χ0n) is 15.6. The lowest BCUT2D eigenvalue weighted by molar-refractivity contribution is -0.0902. The lowest BCUT2D eigenvalue weighted by atomic mass is 9.90. The maximum Gasteiger partial charge on any atom is 0.324 e. The van der Waals surface area contributed by atoms with Crippen molar-refractivity contribution in [2.24, 2.45) is 0 Å². The van der Waals surface area contributed by atoms with Crippen molar-refractivity contribution in [3.05, 3.63) is 95.3 Å². The van der Waals surface area contributed by atoms with Crippen molar-refractivity contribution in [3.8, 4) is 5.75 Å². The van der Waals surface area contributed by atoms with Gasteiger partial charge in [0.25, 0.3) is 0 Å². The number of alkyl halides is 2. The second-order valence-electron chi connectivity index (χ2n) is 6.93. The zero-order chi connectivity index (χ0) is 21.4. The molecule has 4 nitrogen and oxygen atoms in total. The summed E-state index contributed by atoms with van der Waals surface area (Å²) in [4.78, 5) is 3.75. The number of aliphatic hydroxyl groups excluding tert-OH is 1. The molecule has 2 heterocycles. The standard InChI is InChI=1S/C22H17F4NO3/c23-15-6-8-17(18(24)10-15)21(13-30-21)22(25,26)20-9-7-16(11-27-20)29-12-19(28)14-4-2-1-3-5-14/h1-11,19,28H,12-13H2. The number of hydrogen-bond acceptors (Lipinski definition) is 4. The van der Waals surface area contributed by atoms with E-state index >= 15 is 8.78 Å². The molecule has 1 aliphatic heterocycles. The summed E-state index contributed by atoms with van der Waals surface area (Å²) in [5, 5.41) is 10.1. The van der Waals surface area contributed by atoms with E-state index in [0.717, 1.165) is 24.4 Å². The Morgan fingerprint density at radius 2 is 1.83 bits per heavy atom. The molecule has 1 N–H and O–H groups in total. The third kappa shape index (κ3) is 3.64. The molecule has 1 saturated heterocycles. The van der Waals surface area contributed by atoms with E-state index in [0.29, 0.717) is 11.6 Å². The molecule has 0 aliphatic carbocycles. The number of aliphatic hydroxyl groups is 1. The molecule has 1 aliphatic rings. The molecule has 0 bridgehead atoms. The summed E-state index contributed by atoms with van der Waals surface area (Å²) >= 11 is 0. The van der Waals surface area contributed by atoms with Gasteiger partial charge >= 0.3 is 5.92 Å². The number of pyridine rings is 1. The first-order valence-electron chi connectivity index (χ1n) is 9.13. The molecule has 2 atom stereocenters. The van der Waals surface area contributed by atoms with Crippen LogP contribution in [0.4, 0.5) is 17.6 Å². The monoisotopic (exact) mass is 419 g/mol. The van der Waals surface area contributed by atoms with E-state index in [2.05, 4.69) is 4.98 Å². The Morgan fingerprint density at radius 1 is 1.10 bits per heavy atom. The molecule has 2 unspecified atom stereocenters. The van der Waals surface area contributed by atoms with Crippen LogP contribution in [0.2, 0.25) is 0 Å². The van der Waals surface area contributed by atoms with E-state index in [1.165, 1.54) is 6.07 Å². The van der Waals surface area contributed by atoms with Crippen LogP contribution in [0.5, 0.6) is 5.75 Å². The van der Waals surface area contributed by atoms with Crippen molar-refractivity contribution in [1.82, 2.24) is 4.98 Å². The van der Waals surface area contributed by atoms with E-state index in [9.17, 15) is 13.9 Å². The van der Waals surface area contributed by atoms with Gasteiger partial charge in [0.05, 0.1) is 12.8 Å². The van der Waals surface area contributed by atoms with E-state index in [4.69, 9.17) is 9.47 Å². The van der Waals surface area contributed by atoms with Gasteiger partial charge in [0.15, 0.2) is 5.60 Å². The topological polar surface area (TPSA) is 54.9 Å². The predicted octanol–water partition coefficient (Wildman–Crippen LogP) is 4.49. The Labute approximate surface area is 169 Å². The van der Waals surface area contributed by atoms with Crippen LogP contribution in [-0.4, -0.2) is 23.3 Å². The summed E-state index contributed by atoms with van der Waals surface area (Å²) in [5.41, 5.74) is -2.65. The number of hydrogen-bond donors (Lipinski definition) is 1. The second kappa shape index (κ2) is 7.70. The highest BCUT2D eigenvalue weighted by molar-refractivity contribution is 5.36. The highest BCUT2D eigenvalue weighted by Crippen LogP contribution is 2.56. The van der Waals surface area contributed by atoms with Crippen LogP contribution in [0.1, 0.15) is 22.9 Å². The van der Waals surface area contributed by atoms with Crippen LogP contribution in [0, 0.1) is 11.6 Å². The first-order chi connectivity index (χ1) is 14.3. The third-order valence-corrected chi connectivity index (χ3v) is 4.96. The zero-order valence-corrected chi connectivity index (χ0v) is 15.6. The van der Waals surface area contributed by atoms with Crippen molar-refractivity contribution in [2.45, 2.75) is 17.6 Å². The molecule has 1 aromatic heterocycles. The van der Waals surface area contributed by atoms with Gasteiger partial charge < -0.3 is 14.6 Å². The minimum atomic E-state index is -3.66. The fraction of sp³-hybridized carbons (Fsp3) is 0.227. The van der Waals surface area contributed by atoms with Crippen LogP contribution in [-0.2, 0) is 16.3 Å². The smallest absolute Gasteiger partial charge is 0.324 e. The van der Waals surface area contributed by atoms with Gasteiger partial charge in [-0.3, -0.25) is 4.98 Å². The molecule has 0 saturated carbocycles. The number of epoxide rings is 1. The van der Waals surface area contributed by atoms with Crippen molar-refractivity contribution in [2.75, 3.05) is 13.2 Å². The van der Waals surface area contributed by atoms with Crippen LogP contribution in [0.25, 0.3) is 0 Å². The summed E-state index contributed by atoms with van der Waals surface area (Å²) in [6, 6.07) is 13.6. The fourth-order valence-electron chi connectivity index (χ4n) is 3.20. The summed E-state index contributed by atoms with van der Waals surface area (Å²) in [7, 11) is 0. The first-order valence-corrected chi connectivity index (χ1v) is 9.13. The fourth-order valence-corrected chi connectivity index (χ4v) is 3.20. The molecule has 1 fully saturated rings. The van der Waals surface area contributed by atoms with Gasteiger partial charge in [-0.25, -0.2) is 8.78 Å². The highest BCUT2D eigenvalue weighted by Gasteiger charge is 2.68. The van der Waals surface area contributed by atoms with Crippen molar-refractivity contribution in [1.29, 1.82) is 0 Å². The van der Waals surface area contributed by atoms with Crippen LogP contribution < -0.4 is 4.74 Å². The minimum Gasteiger partial charge on any atom is -0.489 e. The van der Waals surface area contributed by atoms with E-state index < -0.39 is 47.1 Å². The summed E-state index contributed by atoms with van der Waals surface area (Å²) in [6.45, 7) is -0.513. The summed E-state index contributed by atoms with van der Waals surface area (Å²) in [6.07, 6.45) is 0.204. The Hall–Kier alpha value is -2.97. The average Bonchev–Trinajstić information content (AvgIpc) is 3.55. The molecule has 0 radical (unpaired) electrons. The van der Waals surface area contributed by atoms with Crippen molar-refractivity contribution < 1.29 is 32.1 Å². The average molecular weight is 419 g/mol. The maximum absolute atomic E-state index is 15.1. The Bertz CT molecular complexity index is 1020. The van der Waals surface area contributed by atoms with Gasteiger partial charge in [-0.2, -0.15) is 8.78 Å². The molecule has 8 heteroatoms. The van der Waals surface area contributed by atoms with E-state index in [-0.39, 0.29) is 12.4 Å². The van der Waals surface area contributed by atoms with E-state index in [1.807, 2.05) is 6.07 Å². The molecule has 4 rings (SSSR count). The minimum absolute atomic E-state index is 0.0880. The number of nitrogens with zero attached hydrogens (tertiary/aromatic N) is 1. The molecular formula is C22H17F4NO3. The highest BCUT2D eigenvalue weighted by atomic mass is 19.3. The number of ether oxygens (including phenoxy) is 2. The van der Waals surface area contributed by atoms with Crippen LogP contribution >= 0.6 is 0 Å². The van der Waals surface area contributed by atoms with Gasteiger partial charge in [0.1, 0.15) is 35.8 Å². The van der Waals surface area contributed by atoms with Crippen LogP contribution in [0.15, 0.2) is 66.9 Å². The molecule has 0 spiro atoms. The number of rotatable bonds is 7. The molecule has 0 amide bonds. The Kier molecular flexibility index (Phi) is 5.21. The lowest BCUT2D eigenvalue weighted by Gasteiger charge is -2.24. The van der Waals surface area contributed by atoms with Crippen LogP contribution in [0.3, 0.4) is 0 Å². The van der Waals surface area contributed by atoms with Gasteiger partial charge in [0, 0.05) is 11.6 Å². The quantitative estimate of drug-likeness (QED) is 0.453. The Morgan fingerprint density at radius 3 is 2.43 bits per heavy atom. The van der Waals surface area contributed by atoms with Gasteiger partial charge in [-0.1, -0.05) is 30.3 Å². The van der Waals surface area contributed by atoms with E-state index in [1.54, 1.807) is 24.3 Å². The van der Waals surface area contributed by atoms with Crippen molar-refractivity contribution in [3.63, 3.8) is 0 Å². The predicted molar refractivity (Wildman–Crippen MR) is 99.0 cm³/mol. The Balaban J connectivity index is 1.49. The lowest BCUT2D eigenvalue weighted by Crippen LogP contribution is -2.34. The molecular weight excluding hydrogens is 402 g/mol. The van der Waals surface area contributed by atoms with Gasteiger partial charge in [-0.05, 0) is 29.8 Å².